The number of aliphatic hydroxyl groups is 1. The van der Waals surface area contributed by atoms with E-state index in [1.165, 1.54) is 23.8 Å². The minimum atomic E-state index is 0.107. The molecule has 4 heteroatoms. The number of rotatable bonds is 5. The fraction of sp³-hybridized carbons (Fsp3) is 0.500. The van der Waals surface area contributed by atoms with Gasteiger partial charge in [0, 0.05) is 47.2 Å². The number of halogens is 1. The van der Waals surface area contributed by atoms with E-state index in [0.717, 1.165) is 36.5 Å². The van der Waals surface area contributed by atoms with E-state index in [1.807, 2.05) is 18.3 Å². The summed E-state index contributed by atoms with van der Waals surface area (Å²) in [4.78, 5) is 3.26. The second-order valence-corrected chi connectivity index (χ2v) is 6.41. The van der Waals surface area contributed by atoms with E-state index >= 15 is 0 Å². The predicted octanol–water partition coefficient (Wildman–Crippen LogP) is 3.46. The number of aromatic nitrogens is 1. The lowest BCUT2D eigenvalue weighted by molar-refractivity contribution is 0.128. The molecule has 1 aliphatic carbocycles. The van der Waals surface area contributed by atoms with Crippen LogP contribution >= 0.6 is 11.6 Å². The zero-order valence-corrected chi connectivity index (χ0v) is 12.3. The third kappa shape index (κ3) is 2.71. The number of fused-ring (bicyclic) bond motifs is 1. The van der Waals surface area contributed by atoms with Gasteiger partial charge < -0.3 is 15.4 Å². The number of benzene rings is 1. The lowest BCUT2D eigenvalue weighted by Gasteiger charge is -2.26. The monoisotopic (exact) mass is 292 g/mol. The van der Waals surface area contributed by atoms with Crippen molar-refractivity contribution < 1.29 is 5.11 Å². The molecule has 0 saturated heterocycles. The lowest BCUT2D eigenvalue weighted by atomic mass is 9.87. The van der Waals surface area contributed by atoms with Gasteiger partial charge in [-0.3, -0.25) is 0 Å². The molecule has 0 aliphatic heterocycles. The van der Waals surface area contributed by atoms with Crippen LogP contribution in [0.3, 0.4) is 0 Å². The number of aliphatic hydroxyl groups excluding tert-OH is 1. The quantitative estimate of drug-likeness (QED) is 0.790. The highest BCUT2D eigenvalue weighted by Crippen LogP contribution is 2.37. The fourth-order valence-electron chi connectivity index (χ4n) is 3.28. The van der Waals surface area contributed by atoms with Gasteiger partial charge in [-0.1, -0.05) is 30.5 Å². The van der Waals surface area contributed by atoms with Crippen LogP contribution < -0.4 is 5.32 Å². The molecule has 3 N–H and O–H groups in total. The van der Waals surface area contributed by atoms with E-state index in [9.17, 15) is 5.11 Å². The Balaban J connectivity index is 1.65. The fourth-order valence-corrected chi connectivity index (χ4v) is 3.46. The van der Waals surface area contributed by atoms with E-state index in [2.05, 4.69) is 16.4 Å². The molecule has 1 aromatic heterocycles. The first-order valence-corrected chi connectivity index (χ1v) is 7.67. The maximum atomic E-state index is 9.62. The molecule has 0 bridgehead atoms. The molecule has 3 nitrogen and oxygen atoms in total. The van der Waals surface area contributed by atoms with Crippen molar-refractivity contribution in [1.29, 1.82) is 0 Å². The maximum Gasteiger partial charge on any atom is 0.0499 e. The van der Waals surface area contributed by atoms with Crippen molar-refractivity contribution in [3.8, 4) is 0 Å². The standard InChI is InChI=1S/C16H21ClN2O/c17-13-3-4-14-12(9-19-15(14)7-13)8-18-10-16(11-20)5-1-2-6-16/h3-4,7,9,18-20H,1-2,5-6,8,10-11H2. The average Bonchev–Trinajstić information content (AvgIpc) is 3.07. The molecule has 1 fully saturated rings. The summed E-state index contributed by atoms with van der Waals surface area (Å²) < 4.78 is 0. The van der Waals surface area contributed by atoms with Gasteiger partial charge >= 0.3 is 0 Å². The number of H-pyrrole nitrogens is 1. The lowest BCUT2D eigenvalue weighted by Crippen LogP contribution is -2.34. The molecular weight excluding hydrogens is 272 g/mol. The zero-order chi connectivity index (χ0) is 14.0. The topological polar surface area (TPSA) is 48.0 Å². The van der Waals surface area contributed by atoms with Gasteiger partial charge in [-0.2, -0.15) is 0 Å². The highest BCUT2D eigenvalue weighted by Gasteiger charge is 2.32. The Morgan fingerprint density at radius 3 is 2.85 bits per heavy atom. The van der Waals surface area contributed by atoms with Crippen molar-refractivity contribution in [1.82, 2.24) is 10.3 Å². The Bertz CT molecular complexity index is 587. The summed E-state index contributed by atoms with van der Waals surface area (Å²) in [7, 11) is 0. The predicted molar refractivity (Wildman–Crippen MR) is 83.0 cm³/mol. The third-order valence-corrected chi connectivity index (χ3v) is 4.78. The number of hydrogen-bond acceptors (Lipinski definition) is 2. The summed E-state index contributed by atoms with van der Waals surface area (Å²) in [6.07, 6.45) is 6.80. The SMILES string of the molecule is OCC1(CNCc2c[nH]c3cc(Cl)ccc23)CCCC1. The Kier molecular flexibility index (Phi) is 4.01. The highest BCUT2D eigenvalue weighted by molar-refractivity contribution is 6.31. The van der Waals surface area contributed by atoms with Crippen molar-refractivity contribution >= 4 is 22.5 Å². The molecule has 2 aromatic rings. The largest absolute Gasteiger partial charge is 0.396 e. The van der Waals surface area contributed by atoms with Crippen LogP contribution in [0.2, 0.25) is 5.02 Å². The molecule has 3 rings (SSSR count). The molecule has 108 valence electrons. The molecule has 0 unspecified atom stereocenters. The average molecular weight is 293 g/mol. The summed E-state index contributed by atoms with van der Waals surface area (Å²) in [5.41, 5.74) is 2.44. The Labute approximate surface area is 124 Å². The normalized spacial score (nSPS) is 17.9. The Morgan fingerprint density at radius 1 is 1.30 bits per heavy atom. The van der Waals surface area contributed by atoms with Gasteiger partial charge in [0.2, 0.25) is 0 Å². The van der Waals surface area contributed by atoms with Crippen LogP contribution in [0.1, 0.15) is 31.2 Å². The van der Waals surface area contributed by atoms with Gasteiger partial charge in [0.05, 0.1) is 0 Å². The van der Waals surface area contributed by atoms with Crippen LogP contribution in [0.4, 0.5) is 0 Å². The van der Waals surface area contributed by atoms with Gasteiger partial charge in [-0.15, -0.1) is 0 Å². The minimum absolute atomic E-state index is 0.107. The van der Waals surface area contributed by atoms with Crippen LogP contribution in [0.5, 0.6) is 0 Å². The summed E-state index contributed by atoms with van der Waals surface area (Å²) in [6, 6.07) is 5.93. The van der Waals surface area contributed by atoms with Gasteiger partial charge in [-0.05, 0) is 30.5 Å². The molecular formula is C16H21ClN2O. The molecule has 1 heterocycles. The summed E-state index contributed by atoms with van der Waals surface area (Å²) in [5.74, 6) is 0. The van der Waals surface area contributed by atoms with Gasteiger partial charge in [0.25, 0.3) is 0 Å². The zero-order valence-electron chi connectivity index (χ0n) is 11.6. The van der Waals surface area contributed by atoms with Crippen LogP contribution in [0, 0.1) is 5.41 Å². The van der Waals surface area contributed by atoms with Gasteiger partial charge in [-0.25, -0.2) is 0 Å². The smallest absolute Gasteiger partial charge is 0.0499 e. The van der Waals surface area contributed by atoms with Crippen molar-refractivity contribution in [2.75, 3.05) is 13.2 Å². The summed E-state index contributed by atoms with van der Waals surface area (Å²) >= 11 is 5.99. The van der Waals surface area contributed by atoms with E-state index < -0.39 is 0 Å². The number of nitrogens with one attached hydrogen (secondary N) is 2. The van der Waals surface area contributed by atoms with Crippen molar-refractivity contribution in [2.24, 2.45) is 5.41 Å². The number of aromatic amines is 1. The van der Waals surface area contributed by atoms with Gasteiger partial charge in [0.1, 0.15) is 0 Å². The first-order chi connectivity index (χ1) is 9.72. The first-order valence-electron chi connectivity index (χ1n) is 7.30. The van der Waals surface area contributed by atoms with E-state index in [-0.39, 0.29) is 5.41 Å². The molecule has 0 radical (unpaired) electrons. The van der Waals surface area contributed by atoms with Gasteiger partial charge in [0.15, 0.2) is 0 Å². The van der Waals surface area contributed by atoms with Crippen molar-refractivity contribution in [3.63, 3.8) is 0 Å². The minimum Gasteiger partial charge on any atom is -0.396 e. The second-order valence-electron chi connectivity index (χ2n) is 5.97. The Hall–Kier alpha value is -1.03. The second kappa shape index (κ2) is 5.76. The third-order valence-electron chi connectivity index (χ3n) is 4.54. The molecule has 20 heavy (non-hydrogen) atoms. The van der Waals surface area contributed by atoms with Crippen LogP contribution in [-0.4, -0.2) is 23.2 Å². The molecule has 1 aliphatic rings. The van der Waals surface area contributed by atoms with Crippen molar-refractivity contribution in [3.05, 3.63) is 35.0 Å². The maximum absolute atomic E-state index is 9.62. The first kappa shape index (κ1) is 13.9. The molecule has 0 spiro atoms. The molecule has 0 atom stereocenters. The Morgan fingerprint density at radius 2 is 2.10 bits per heavy atom. The van der Waals surface area contributed by atoms with Crippen LogP contribution in [0.25, 0.3) is 10.9 Å². The summed E-state index contributed by atoms with van der Waals surface area (Å²) in [5, 5.41) is 15.1. The van der Waals surface area contributed by atoms with Crippen molar-refractivity contribution in [2.45, 2.75) is 32.2 Å². The van der Waals surface area contributed by atoms with E-state index in [4.69, 9.17) is 11.6 Å². The molecule has 1 aromatic carbocycles. The van der Waals surface area contributed by atoms with E-state index in [0.29, 0.717) is 6.61 Å². The number of hydrogen-bond donors (Lipinski definition) is 3. The molecule has 0 amide bonds. The van der Waals surface area contributed by atoms with Crippen LogP contribution in [0.15, 0.2) is 24.4 Å². The molecule has 1 saturated carbocycles. The highest BCUT2D eigenvalue weighted by atomic mass is 35.5. The van der Waals surface area contributed by atoms with E-state index in [1.54, 1.807) is 0 Å². The summed E-state index contributed by atoms with van der Waals surface area (Å²) in [6.45, 7) is 2.01. The van der Waals surface area contributed by atoms with Crippen LogP contribution in [-0.2, 0) is 6.54 Å².